The molecule has 0 bridgehead atoms. The summed E-state index contributed by atoms with van der Waals surface area (Å²) in [6, 6.07) is 14.9. The van der Waals surface area contributed by atoms with Crippen LogP contribution in [0.1, 0.15) is 69.8 Å². The third kappa shape index (κ3) is 6.80. The number of nitrogens with zero attached hydrogens (tertiary/aromatic N) is 1. The number of aliphatic carboxylic acids is 1. The van der Waals surface area contributed by atoms with Gasteiger partial charge in [0, 0.05) is 32.5 Å². The first-order valence-electron chi connectivity index (χ1n) is 13.8. The minimum Gasteiger partial charge on any atom is -0.480 e. The van der Waals surface area contributed by atoms with Crippen LogP contribution in [0.2, 0.25) is 10.0 Å². The molecule has 214 valence electrons. The number of benzene rings is 3. The molecule has 0 saturated heterocycles. The maximum atomic E-state index is 13.3. The highest BCUT2D eigenvalue weighted by Crippen LogP contribution is 2.36. The van der Waals surface area contributed by atoms with Gasteiger partial charge in [-0.2, -0.15) is 0 Å². The van der Waals surface area contributed by atoms with Gasteiger partial charge in [-0.15, -0.1) is 0 Å². The molecular weight excluding hydrogens is 566 g/mol. The van der Waals surface area contributed by atoms with E-state index >= 15 is 0 Å². The number of carboxylic acids is 1. The number of halogens is 3. The molecule has 2 atom stereocenters. The van der Waals surface area contributed by atoms with E-state index < -0.39 is 17.9 Å². The number of fused-ring (bicyclic) bond motifs is 2. The highest BCUT2D eigenvalue weighted by molar-refractivity contribution is 6.40. The van der Waals surface area contributed by atoms with Gasteiger partial charge in [0.05, 0.1) is 15.6 Å². The van der Waals surface area contributed by atoms with Crippen LogP contribution in [0.3, 0.4) is 0 Å². The van der Waals surface area contributed by atoms with Gasteiger partial charge in [-0.25, -0.2) is 9.18 Å². The van der Waals surface area contributed by atoms with E-state index in [9.17, 15) is 23.9 Å². The second-order valence-electron chi connectivity index (χ2n) is 10.9. The maximum absolute atomic E-state index is 13.3. The molecule has 2 N–H and O–H groups in total. The second-order valence-corrected chi connectivity index (χ2v) is 11.6. The summed E-state index contributed by atoms with van der Waals surface area (Å²) < 4.78 is 13.3. The standard InChI is InChI=1S/C32H31Cl2FN2O4/c33-27-16-22-18-37(17-19-5-9-23(35)10-6-19)14-13-26(22)30(34)29(27)31(39)36-28(32(40)41)12-11-24(38)15-21-8-7-20-3-1-2-4-25(20)21/h1-6,9-10,16,21,28H,7-8,11-15,17-18H2,(H,36,39)(H,40,41)/t21-,28-/m0/s1. The summed E-state index contributed by atoms with van der Waals surface area (Å²) in [5.74, 6) is -2.06. The van der Waals surface area contributed by atoms with Crippen molar-refractivity contribution in [1.82, 2.24) is 10.2 Å². The summed E-state index contributed by atoms with van der Waals surface area (Å²) in [6.07, 6.45) is 2.81. The Balaban J connectivity index is 1.21. The fourth-order valence-electron chi connectivity index (χ4n) is 5.93. The average Bonchev–Trinajstić information content (AvgIpc) is 3.34. The zero-order valence-electron chi connectivity index (χ0n) is 22.5. The quantitative estimate of drug-likeness (QED) is 0.285. The fraction of sp³-hybridized carbons (Fsp3) is 0.344. The molecule has 0 fully saturated rings. The molecule has 1 aliphatic carbocycles. The Hall–Kier alpha value is -3.26. The molecule has 5 rings (SSSR count). The van der Waals surface area contributed by atoms with E-state index in [1.165, 1.54) is 23.3 Å². The molecule has 0 radical (unpaired) electrons. The van der Waals surface area contributed by atoms with Crippen molar-refractivity contribution in [2.24, 2.45) is 0 Å². The van der Waals surface area contributed by atoms with Crippen LogP contribution in [0.4, 0.5) is 4.39 Å². The molecule has 1 aliphatic heterocycles. The van der Waals surface area contributed by atoms with Crippen molar-refractivity contribution >= 4 is 40.9 Å². The number of aryl methyl sites for hydroxylation is 1. The number of carboxylic acid groups (broad SMARTS) is 1. The summed E-state index contributed by atoms with van der Waals surface area (Å²) in [5.41, 5.74) is 5.17. The van der Waals surface area contributed by atoms with Crippen molar-refractivity contribution in [2.45, 2.75) is 63.6 Å². The van der Waals surface area contributed by atoms with E-state index in [2.05, 4.69) is 22.3 Å². The normalized spacial score (nSPS) is 17.0. The van der Waals surface area contributed by atoms with Crippen molar-refractivity contribution in [3.8, 4) is 0 Å². The average molecular weight is 598 g/mol. The molecule has 0 spiro atoms. The lowest BCUT2D eigenvalue weighted by Crippen LogP contribution is -2.41. The van der Waals surface area contributed by atoms with Crippen LogP contribution in [-0.4, -0.2) is 40.3 Å². The number of carbonyl (C=O) groups is 3. The van der Waals surface area contributed by atoms with E-state index in [4.69, 9.17) is 23.2 Å². The first-order chi connectivity index (χ1) is 19.7. The number of carbonyl (C=O) groups excluding carboxylic acids is 2. The predicted molar refractivity (Wildman–Crippen MR) is 156 cm³/mol. The molecule has 2 aliphatic rings. The Morgan fingerprint density at radius 2 is 1.80 bits per heavy atom. The molecule has 3 aromatic carbocycles. The minimum atomic E-state index is -1.25. The van der Waals surface area contributed by atoms with Crippen molar-refractivity contribution in [1.29, 1.82) is 0 Å². The first-order valence-corrected chi connectivity index (χ1v) is 14.5. The minimum absolute atomic E-state index is 0.0210. The number of rotatable bonds is 10. The lowest BCUT2D eigenvalue weighted by molar-refractivity contribution is -0.139. The summed E-state index contributed by atoms with van der Waals surface area (Å²) in [4.78, 5) is 40.1. The van der Waals surface area contributed by atoms with E-state index in [1.54, 1.807) is 18.2 Å². The number of ketones is 1. The van der Waals surface area contributed by atoms with Gasteiger partial charge in [-0.05, 0) is 77.6 Å². The van der Waals surface area contributed by atoms with Crippen LogP contribution >= 0.6 is 23.2 Å². The van der Waals surface area contributed by atoms with Crippen LogP contribution in [0.25, 0.3) is 0 Å². The topological polar surface area (TPSA) is 86.7 Å². The van der Waals surface area contributed by atoms with Crippen molar-refractivity contribution in [2.75, 3.05) is 6.54 Å². The third-order valence-electron chi connectivity index (χ3n) is 8.08. The summed E-state index contributed by atoms with van der Waals surface area (Å²) >= 11 is 13.2. The van der Waals surface area contributed by atoms with Crippen molar-refractivity contribution in [3.05, 3.63) is 104 Å². The molecule has 3 aromatic rings. The number of amides is 1. The zero-order valence-corrected chi connectivity index (χ0v) is 24.0. The van der Waals surface area contributed by atoms with Crippen molar-refractivity contribution in [3.63, 3.8) is 0 Å². The second kappa shape index (κ2) is 12.7. The van der Waals surface area contributed by atoms with Crippen molar-refractivity contribution < 1.29 is 23.9 Å². The maximum Gasteiger partial charge on any atom is 0.326 e. The summed E-state index contributed by atoms with van der Waals surface area (Å²) in [5, 5.41) is 12.7. The third-order valence-corrected chi connectivity index (χ3v) is 8.79. The van der Waals surface area contributed by atoms with Crippen LogP contribution in [0.5, 0.6) is 0 Å². The highest BCUT2D eigenvalue weighted by atomic mass is 35.5. The lowest BCUT2D eigenvalue weighted by Gasteiger charge is -2.30. The van der Waals surface area contributed by atoms with Crippen LogP contribution in [0.15, 0.2) is 54.6 Å². The van der Waals surface area contributed by atoms with E-state index in [0.29, 0.717) is 32.5 Å². The number of hydrogen-bond donors (Lipinski definition) is 2. The SMILES string of the molecule is O=C(CC[C@H](NC(=O)c1c(Cl)cc2c(c1Cl)CCN(Cc1ccc(F)cc1)C2)C(=O)O)C[C@@H]1CCc2ccccc21. The monoisotopic (exact) mass is 596 g/mol. The number of Topliss-reactive ketones (excluding diaryl/α,β-unsaturated/α-hetero) is 1. The molecule has 1 amide bonds. The van der Waals surface area contributed by atoms with Crippen LogP contribution in [0, 0.1) is 5.82 Å². The molecule has 0 saturated carbocycles. The van der Waals surface area contributed by atoms with Gasteiger partial charge in [-0.3, -0.25) is 14.5 Å². The van der Waals surface area contributed by atoms with Gasteiger partial charge < -0.3 is 10.4 Å². The lowest BCUT2D eigenvalue weighted by atomic mass is 9.93. The summed E-state index contributed by atoms with van der Waals surface area (Å²) in [7, 11) is 0. The first kappa shape index (κ1) is 29.2. The van der Waals surface area contributed by atoms with Crippen LogP contribution in [-0.2, 0) is 35.5 Å². The van der Waals surface area contributed by atoms with Gasteiger partial charge in [0.15, 0.2) is 0 Å². The van der Waals surface area contributed by atoms with E-state index in [0.717, 1.165) is 29.5 Å². The Labute approximate surface area is 248 Å². The fourth-order valence-corrected chi connectivity index (χ4v) is 6.69. The Kier molecular flexibility index (Phi) is 9.07. The zero-order chi connectivity index (χ0) is 29.1. The molecule has 0 unspecified atom stereocenters. The highest BCUT2D eigenvalue weighted by Gasteiger charge is 2.29. The van der Waals surface area contributed by atoms with E-state index in [1.807, 2.05) is 12.1 Å². The van der Waals surface area contributed by atoms with Gasteiger partial charge >= 0.3 is 5.97 Å². The van der Waals surface area contributed by atoms with Gasteiger partial charge in [0.25, 0.3) is 5.91 Å². The largest absolute Gasteiger partial charge is 0.480 e. The van der Waals surface area contributed by atoms with Crippen LogP contribution < -0.4 is 5.32 Å². The smallest absolute Gasteiger partial charge is 0.326 e. The van der Waals surface area contributed by atoms with Gasteiger partial charge in [0.2, 0.25) is 0 Å². The van der Waals surface area contributed by atoms with E-state index in [-0.39, 0.29) is 46.0 Å². The van der Waals surface area contributed by atoms with Gasteiger partial charge in [0.1, 0.15) is 17.6 Å². The molecular formula is C32H31Cl2FN2O4. The number of hydrogen-bond acceptors (Lipinski definition) is 4. The molecule has 0 aromatic heterocycles. The molecule has 9 heteroatoms. The Morgan fingerprint density at radius 3 is 2.56 bits per heavy atom. The Bertz CT molecular complexity index is 1480. The molecule has 1 heterocycles. The predicted octanol–water partition coefficient (Wildman–Crippen LogP) is 6.34. The Morgan fingerprint density at radius 1 is 1.05 bits per heavy atom. The summed E-state index contributed by atoms with van der Waals surface area (Å²) in [6.45, 7) is 1.86. The van der Waals surface area contributed by atoms with Gasteiger partial charge in [-0.1, -0.05) is 59.6 Å². The molecule has 6 nitrogen and oxygen atoms in total. The number of nitrogens with one attached hydrogen (secondary N) is 1. The molecule has 41 heavy (non-hydrogen) atoms.